The highest BCUT2D eigenvalue weighted by Crippen LogP contribution is 2.23. The van der Waals surface area contributed by atoms with E-state index in [2.05, 4.69) is 16.6 Å². The Hall–Kier alpha value is -4.08. The molecule has 3 aromatic carbocycles. The highest BCUT2D eigenvalue weighted by atomic mass is 35.5. The van der Waals surface area contributed by atoms with Crippen molar-refractivity contribution in [2.45, 2.75) is 0 Å². The highest BCUT2D eigenvalue weighted by Gasteiger charge is 2.16. The van der Waals surface area contributed by atoms with Gasteiger partial charge in [-0.05, 0) is 54.6 Å². The van der Waals surface area contributed by atoms with Gasteiger partial charge in [-0.25, -0.2) is 0 Å². The van der Waals surface area contributed by atoms with Gasteiger partial charge in [0.05, 0.1) is 11.3 Å². The minimum Gasteiger partial charge on any atom is -0.363 e. The molecular weight excluding hydrogens is 424 g/mol. The van der Waals surface area contributed by atoms with Crippen molar-refractivity contribution in [2.75, 3.05) is 24.7 Å². The topological polar surface area (TPSA) is 85.3 Å². The number of nitrogens with one attached hydrogen (secondary N) is 3. The number of benzene rings is 3. The lowest BCUT2D eigenvalue weighted by Gasteiger charge is -2.14. The minimum atomic E-state index is -0.425. The molecular formula is C25H21ClN4O2. The first kappa shape index (κ1) is 22.6. The SMILES string of the molecule is C#Cc1ccc(NC(=O)c2cc(Cl)ccc2NC(=O)c2ccc(C(=N)N(C)C)cc2)cc1. The Labute approximate surface area is 191 Å². The van der Waals surface area contributed by atoms with Crippen LogP contribution in [0, 0.1) is 17.8 Å². The maximum atomic E-state index is 12.9. The molecule has 0 bridgehead atoms. The van der Waals surface area contributed by atoms with Crippen molar-refractivity contribution in [3.05, 3.63) is 94.0 Å². The Morgan fingerprint density at radius 3 is 2.12 bits per heavy atom. The molecule has 0 spiro atoms. The zero-order valence-electron chi connectivity index (χ0n) is 17.6. The summed E-state index contributed by atoms with van der Waals surface area (Å²) < 4.78 is 0. The van der Waals surface area contributed by atoms with E-state index in [1.54, 1.807) is 79.7 Å². The summed E-state index contributed by atoms with van der Waals surface area (Å²) in [6.45, 7) is 0. The summed E-state index contributed by atoms with van der Waals surface area (Å²) in [4.78, 5) is 27.3. The number of hydrogen-bond donors (Lipinski definition) is 3. The van der Waals surface area contributed by atoms with Crippen molar-refractivity contribution < 1.29 is 9.59 Å². The Kier molecular flexibility index (Phi) is 6.93. The van der Waals surface area contributed by atoms with Crippen LogP contribution < -0.4 is 10.6 Å². The van der Waals surface area contributed by atoms with Gasteiger partial charge >= 0.3 is 0 Å². The van der Waals surface area contributed by atoms with E-state index in [0.29, 0.717) is 38.9 Å². The van der Waals surface area contributed by atoms with Crippen LogP contribution in [0.1, 0.15) is 31.8 Å². The number of amides is 2. The normalized spacial score (nSPS) is 10.1. The number of hydrogen-bond acceptors (Lipinski definition) is 3. The van der Waals surface area contributed by atoms with Gasteiger partial charge in [-0.2, -0.15) is 0 Å². The summed E-state index contributed by atoms with van der Waals surface area (Å²) in [5.41, 5.74) is 2.89. The summed E-state index contributed by atoms with van der Waals surface area (Å²) in [6.07, 6.45) is 5.35. The smallest absolute Gasteiger partial charge is 0.257 e. The summed E-state index contributed by atoms with van der Waals surface area (Å²) in [6, 6.07) is 18.2. The first-order chi connectivity index (χ1) is 15.3. The van der Waals surface area contributed by atoms with E-state index in [1.807, 2.05) is 0 Å². The number of carbonyl (C=O) groups is 2. The van der Waals surface area contributed by atoms with Crippen LogP contribution >= 0.6 is 11.6 Å². The molecule has 0 atom stereocenters. The predicted octanol–water partition coefficient (Wildman–Crippen LogP) is 4.71. The van der Waals surface area contributed by atoms with Crippen molar-refractivity contribution in [2.24, 2.45) is 0 Å². The first-order valence-electron chi connectivity index (χ1n) is 9.63. The Balaban J connectivity index is 1.79. The number of amidine groups is 1. The number of carbonyl (C=O) groups excluding carboxylic acids is 2. The van der Waals surface area contributed by atoms with Gasteiger partial charge in [0.1, 0.15) is 5.84 Å². The van der Waals surface area contributed by atoms with Crippen molar-refractivity contribution >= 4 is 40.6 Å². The summed E-state index contributed by atoms with van der Waals surface area (Å²) in [5.74, 6) is 2.04. The molecule has 0 saturated heterocycles. The average Bonchev–Trinajstić information content (AvgIpc) is 2.80. The van der Waals surface area contributed by atoms with Gasteiger partial charge < -0.3 is 15.5 Å². The maximum absolute atomic E-state index is 12.9. The van der Waals surface area contributed by atoms with Gasteiger partial charge in [0, 0.05) is 41.5 Å². The fourth-order valence-corrected chi connectivity index (χ4v) is 3.07. The van der Waals surface area contributed by atoms with Crippen molar-refractivity contribution in [3.63, 3.8) is 0 Å². The van der Waals surface area contributed by atoms with Crippen molar-refractivity contribution in [1.29, 1.82) is 5.41 Å². The molecule has 3 aromatic rings. The number of nitrogens with zero attached hydrogens (tertiary/aromatic N) is 1. The van der Waals surface area contributed by atoms with Gasteiger partial charge in [-0.15, -0.1) is 6.42 Å². The molecule has 2 amide bonds. The van der Waals surface area contributed by atoms with E-state index in [1.165, 1.54) is 6.07 Å². The van der Waals surface area contributed by atoms with E-state index in [9.17, 15) is 9.59 Å². The van der Waals surface area contributed by atoms with Crippen molar-refractivity contribution in [1.82, 2.24) is 4.90 Å². The van der Waals surface area contributed by atoms with Gasteiger partial charge in [0.15, 0.2) is 0 Å². The molecule has 0 aromatic heterocycles. The quantitative estimate of drug-likeness (QED) is 0.302. The van der Waals surface area contributed by atoms with Crippen molar-refractivity contribution in [3.8, 4) is 12.3 Å². The summed E-state index contributed by atoms with van der Waals surface area (Å²) in [5, 5.41) is 13.9. The molecule has 0 aliphatic heterocycles. The lowest BCUT2D eigenvalue weighted by molar-refractivity contribution is 0.102. The Bertz CT molecular complexity index is 1210. The molecule has 0 aliphatic rings. The third-order valence-corrected chi connectivity index (χ3v) is 4.89. The van der Waals surface area contributed by atoms with Crippen LogP contribution in [-0.4, -0.2) is 36.6 Å². The monoisotopic (exact) mass is 444 g/mol. The zero-order chi connectivity index (χ0) is 23.3. The molecule has 3 rings (SSSR count). The highest BCUT2D eigenvalue weighted by molar-refractivity contribution is 6.31. The third-order valence-electron chi connectivity index (χ3n) is 4.65. The molecule has 3 N–H and O–H groups in total. The van der Waals surface area contributed by atoms with E-state index in [4.69, 9.17) is 23.4 Å². The Morgan fingerprint density at radius 2 is 1.53 bits per heavy atom. The second-order valence-corrected chi connectivity index (χ2v) is 7.58. The van der Waals surface area contributed by atoms with Gasteiger partial charge in [0.25, 0.3) is 11.8 Å². The summed E-state index contributed by atoms with van der Waals surface area (Å²) in [7, 11) is 3.55. The van der Waals surface area contributed by atoms with Crippen LogP contribution in [0.15, 0.2) is 66.7 Å². The molecule has 0 aliphatic carbocycles. The van der Waals surface area contributed by atoms with Crippen LogP contribution in [0.2, 0.25) is 5.02 Å². The number of terminal acetylenes is 1. The van der Waals surface area contributed by atoms with Crippen LogP contribution in [-0.2, 0) is 0 Å². The zero-order valence-corrected chi connectivity index (χ0v) is 18.3. The van der Waals surface area contributed by atoms with Gasteiger partial charge in [-0.3, -0.25) is 15.0 Å². The number of anilines is 2. The molecule has 6 nitrogen and oxygen atoms in total. The second kappa shape index (κ2) is 9.82. The third kappa shape index (κ3) is 5.34. The number of halogens is 1. The molecule has 0 fully saturated rings. The fourth-order valence-electron chi connectivity index (χ4n) is 2.89. The maximum Gasteiger partial charge on any atom is 0.257 e. The molecule has 160 valence electrons. The average molecular weight is 445 g/mol. The van der Waals surface area contributed by atoms with Gasteiger partial charge in [-0.1, -0.05) is 29.7 Å². The Morgan fingerprint density at radius 1 is 0.906 bits per heavy atom. The molecule has 0 radical (unpaired) electrons. The van der Waals surface area contributed by atoms with Crippen LogP contribution in [0.4, 0.5) is 11.4 Å². The number of rotatable bonds is 5. The molecule has 0 unspecified atom stereocenters. The largest absolute Gasteiger partial charge is 0.363 e. The molecule has 0 saturated carbocycles. The standard InChI is InChI=1S/C25H21ClN4O2/c1-4-16-5-12-20(13-6-16)28-25(32)21-15-19(26)11-14-22(21)29-24(31)18-9-7-17(8-10-18)23(27)30(2)3/h1,5-15,27H,2-3H3,(H,28,32)(H,29,31). The van der Waals surface area contributed by atoms with E-state index in [0.717, 1.165) is 0 Å². The summed E-state index contributed by atoms with van der Waals surface area (Å²) >= 11 is 6.09. The van der Waals surface area contributed by atoms with Crippen LogP contribution in [0.5, 0.6) is 0 Å². The van der Waals surface area contributed by atoms with E-state index >= 15 is 0 Å². The second-order valence-electron chi connectivity index (χ2n) is 7.14. The van der Waals surface area contributed by atoms with E-state index in [-0.39, 0.29) is 11.5 Å². The molecule has 32 heavy (non-hydrogen) atoms. The van der Waals surface area contributed by atoms with Gasteiger partial charge in [0.2, 0.25) is 0 Å². The first-order valence-corrected chi connectivity index (χ1v) is 10.0. The van der Waals surface area contributed by atoms with Crippen LogP contribution in [0.3, 0.4) is 0 Å². The van der Waals surface area contributed by atoms with E-state index < -0.39 is 5.91 Å². The fraction of sp³-hybridized carbons (Fsp3) is 0.0800. The lowest BCUT2D eigenvalue weighted by atomic mass is 10.1. The molecule has 0 heterocycles. The minimum absolute atomic E-state index is 0.220. The predicted molar refractivity (Wildman–Crippen MR) is 129 cm³/mol. The van der Waals surface area contributed by atoms with Crippen LogP contribution in [0.25, 0.3) is 0 Å². The lowest BCUT2D eigenvalue weighted by Crippen LogP contribution is -2.22. The molecule has 7 heteroatoms.